The molecule has 0 aliphatic carbocycles. The summed E-state index contributed by atoms with van der Waals surface area (Å²) in [6, 6.07) is 12.0. The van der Waals surface area contributed by atoms with Crippen molar-refractivity contribution in [2.45, 2.75) is 20.3 Å². The van der Waals surface area contributed by atoms with Crippen LogP contribution in [0.1, 0.15) is 16.7 Å². The lowest BCUT2D eigenvalue weighted by Gasteiger charge is -2.14. The second kappa shape index (κ2) is 8.18. The second-order valence-electron chi connectivity index (χ2n) is 5.42. The van der Waals surface area contributed by atoms with Gasteiger partial charge in [-0.1, -0.05) is 29.8 Å². The highest BCUT2D eigenvalue weighted by Gasteiger charge is 2.07. The summed E-state index contributed by atoms with van der Waals surface area (Å²) in [7, 11) is 1.67. The van der Waals surface area contributed by atoms with E-state index in [4.69, 9.17) is 28.6 Å². The average molecular weight is 349 g/mol. The smallest absolute Gasteiger partial charge is 0.170 e. The first-order valence-electron chi connectivity index (χ1n) is 7.44. The average Bonchev–Trinajstić information content (AvgIpc) is 2.51. The Kier molecular flexibility index (Phi) is 6.25. The first-order valence-corrected chi connectivity index (χ1v) is 8.22. The summed E-state index contributed by atoms with van der Waals surface area (Å²) in [5, 5.41) is 7.64. The van der Waals surface area contributed by atoms with Crippen LogP contribution < -0.4 is 15.4 Å². The van der Waals surface area contributed by atoms with Crippen molar-refractivity contribution in [1.82, 2.24) is 5.32 Å². The van der Waals surface area contributed by atoms with Gasteiger partial charge in [-0.3, -0.25) is 0 Å². The molecule has 0 unspecified atom stereocenters. The second-order valence-corrected chi connectivity index (χ2v) is 6.23. The monoisotopic (exact) mass is 348 g/mol. The molecular formula is C18H21ClN2OS. The first kappa shape index (κ1) is 17.6. The molecule has 0 bridgehead atoms. The van der Waals surface area contributed by atoms with Crippen molar-refractivity contribution in [3.8, 4) is 5.75 Å². The molecule has 0 fully saturated rings. The quantitative estimate of drug-likeness (QED) is 0.780. The maximum Gasteiger partial charge on any atom is 0.170 e. The van der Waals surface area contributed by atoms with E-state index in [9.17, 15) is 0 Å². The van der Waals surface area contributed by atoms with Crippen molar-refractivity contribution in [3.05, 3.63) is 58.1 Å². The minimum absolute atomic E-state index is 0.576. The Morgan fingerprint density at radius 2 is 1.87 bits per heavy atom. The van der Waals surface area contributed by atoms with E-state index in [1.165, 1.54) is 5.56 Å². The molecule has 2 aromatic carbocycles. The third-order valence-corrected chi connectivity index (χ3v) is 4.07. The van der Waals surface area contributed by atoms with Gasteiger partial charge in [-0.2, -0.15) is 0 Å². The normalized spacial score (nSPS) is 10.3. The number of aryl methyl sites for hydroxylation is 2. The van der Waals surface area contributed by atoms with Gasteiger partial charge in [0.15, 0.2) is 5.11 Å². The third kappa shape index (κ3) is 5.12. The number of hydrogen-bond acceptors (Lipinski definition) is 2. The van der Waals surface area contributed by atoms with E-state index in [-0.39, 0.29) is 0 Å². The number of thiocarbonyl (C=S) groups is 1. The van der Waals surface area contributed by atoms with Gasteiger partial charge in [0.25, 0.3) is 0 Å². The van der Waals surface area contributed by atoms with E-state index in [1.807, 2.05) is 32.0 Å². The molecule has 3 nitrogen and oxygen atoms in total. The van der Waals surface area contributed by atoms with E-state index in [0.29, 0.717) is 10.1 Å². The third-order valence-electron chi connectivity index (χ3n) is 3.53. The van der Waals surface area contributed by atoms with Crippen molar-refractivity contribution in [3.63, 3.8) is 0 Å². The van der Waals surface area contributed by atoms with Crippen LogP contribution in [0.3, 0.4) is 0 Å². The van der Waals surface area contributed by atoms with E-state index in [1.54, 1.807) is 7.11 Å². The first-order chi connectivity index (χ1) is 11.0. The topological polar surface area (TPSA) is 33.3 Å². The summed E-state index contributed by atoms with van der Waals surface area (Å²) in [5.74, 6) is 0.864. The highest BCUT2D eigenvalue weighted by atomic mass is 35.5. The maximum atomic E-state index is 6.28. The van der Waals surface area contributed by atoms with Gasteiger partial charge in [0.1, 0.15) is 5.75 Å². The Morgan fingerprint density at radius 3 is 2.48 bits per heavy atom. The maximum absolute atomic E-state index is 6.28. The molecular weight excluding hydrogens is 328 g/mol. The number of hydrogen-bond donors (Lipinski definition) is 2. The molecule has 0 amide bonds. The Bertz CT molecular complexity index is 663. The van der Waals surface area contributed by atoms with Crippen LogP contribution in [0.25, 0.3) is 0 Å². The highest BCUT2D eigenvalue weighted by Crippen LogP contribution is 2.27. The summed E-state index contributed by atoms with van der Waals surface area (Å²) >= 11 is 11.6. The van der Waals surface area contributed by atoms with Gasteiger partial charge in [0, 0.05) is 6.54 Å². The van der Waals surface area contributed by atoms with Crippen LogP contribution in [0, 0.1) is 13.8 Å². The minimum atomic E-state index is 0.576. The molecule has 23 heavy (non-hydrogen) atoms. The van der Waals surface area contributed by atoms with Gasteiger partial charge in [0.05, 0.1) is 17.8 Å². The summed E-state index contributed by atoms with van der Waals surface area (Å²) in [6.45, 7) is 4.79. The number of halogens is 1. The zero-order chi connectivity index (χ0) is 16.8. The molecule has 0 spiro atoms. The SMILES string of the molecule is COc1ccc(CCNC(=S)Nc2c(C)cc(C)cc2Cl)cc1. The van der Waals surface area contributed by atoms with Crippen LogP contribution in [0.15, 0.2) is 36.4 Å². The predicted octanol–water partition coefficient (Wildman–Crippen LogP) is 4.49. The lowest BCUT2D eigenvalue weighted by atomic mass is 10.1. The van der Waals surface area contributed by atoms with Crippen LogP contribution in [-0.2, 0) is 6.42 Å². The number of methoxy groups -OCH3 is 1. The predicted molar refractivity (Wildman–Crippen MR) is 102 cm³/mol. The van der Waals surface area contributed by atoms with Crippen LogP contribution in [0.4, 0.5) is 5.69 Å². The van der Waals surface area contributed by atoms with Gasteiger partial charge in [0.2, 0.25) is 0 Å². The molecule has 122 valence electrons. The van der Waals surface area contributed by atoms with Crippen molar-refractivity contribution in [2.24, 2.45) is 0 Å². The van der Waals surface area contributed by atoms with Gasteiger partial charge in [-0.15, -0.1) is 0 Å². The molecule has 5 heteroatoms. The largest absolute Gasteiger partial charge is 0.497 e. The number of ether oxygens (including phenoxy) is 1. The van der Waals surface area contributed by atoms with E-state index >= 15 is 0 Å². The molecule has 2 N–H and O–H groups in total. The lowest BCUT2D eigenvalue weighted by Crippen LogP contribution is -2.30. The minimum Gasteiger partial charge on any atom is -0.497 e. The van der Waals surface area contributed by atoms with Gasteiger partial charge in [-0.25, -0.2) is 0 Å². The lowest BCUT2D eigenvalue weighted by molar-refractivity contribution is 0.414. The molecule has 2 rings (SSSR count). The number of anilines is 1. The number of rotatable bonds is 5. The molecule has 0 aliphatic heterocycles. The Labute approximate surface area is 148 Å². The molecule has 0 saturated carbocycles. The van der Waals surface area contributed by atoms with Crippen molar-refractivity contribution in [2.75, 3.05) is 19.0 Å². The summed E-state index contributed by atoms with van der Waals surface area (Å²) in [4.78, 5) is 0. The van der Waals surface area contributed by atoms with Crippen LogP contribution in [0.5, 0.6) is 5.75 Å². The van der Waals surface area contributed by atoms with Crippen LogP contribution >= 0.6 is 23.8 Å². The standard InChI is InChI=1S/C18H21ClN2OS/c1-12-10-13(2)17(16(19)11-12)21-18(23)20-9-8-14-4-6-15(22-3)7-5-14/h4-7,10-11H,8-9H2,1-3H3,(H2,20,21,23). The molecule has 0 atom stereocenters. The Hall–Kier alpha value is -1.78. The summed E-state index contributed by atoms with van der Waals surface area (Å²) < 4.78 is 5.15. The van der Waals surface area contributed by atoms with Crippen molar-refractivity contribution in [1.29, 1.82) is 0 Å². The summed E-state index contributed by atoms with van der Waals surface area (Å²) in [6.07, 6.45) is 0.881. The molecule has 0 aliphatic rings. The van der Waals surface area contributed by atoms with Gasteiger partial charge >= 0.3 is 0 Å². The van der Waals surface area contributed by atoms with E-state index < -0.39 is 0 Å². The van der Waals surface area contributed by atoms with Crippen LogP contribution in [0.2, 0.25) is 5.02 Å². The fourth-order valence-electron chi connectivity index (χ4n) is 2.34. The zero-order valence-corrected chi connectivity index (χ0v) is 15.1. The van der Waals surface area contributed by atoms with Crippen LogP contribution in [-0.4, -0.2) is 18.8 Å². The number of nitrogens with one attached hydrogen (secondary N) is 2. The van der Waals surface area contributed by atoms with E-state index in [2.05, 4.69) is 28.8 Å². The van der Waals surface area contributed by atoms with Gasteiger partial charge < -0.3 is 15.4 Å². The van der Waals surface area contributed by atoms with Crippen molar-refractivity contribution >= 4 is 34.6 Å². The van der Waals surface area contributed by atoms with E-state index in [0.717, 1.165) is 35.5 Å². The highest BCUT2D eigenvalue weighted by molar-refractivity contribution is 7.80. The zero-order valence-electron chi connectivity index (χ0n) is 13.6. The number of benzene rings is 2. The Morgan fingerprint density at radius 1 is 1.17 bits per heavy atom. The molecule has 0 aromatic heterocycles. The fourth-order valence-corrected chi connectivity index (χ4v) is 2.92. The molecule has 0 radical (unpaired) electrons. The molecule has 0 saturated heterocycles. The molecule has 2 aromatic rings. The van der Waals surface area contributed by atoms with Crippen molar-refractivity contribution < 1.29 is 4.74 Å². The fraction of sp³-hybridized carbons (Fsp3) is 0.278. The van der Waals surface area contributed by atoms with Gasteiger partial charge in [-0.05, 0) is 67.4 Å². The summed E-state index contributed by atoms with van der Waals surface area (Å²) in [5.41, 5.74) is 4.30. The molecule has 0 heterocycles. The Balaban J connectivity index is 1.85.